The molecule has 0 bridgehead atoms. The van der Waals surface area contributed by atoms with Crippen LogP contribution in [0.25, 0.3) is 0 Å². The van der Waals surface area contributed by atoms with Crippen LogP contribution in [0, 0.1) is 11.7 Å². The Hall–Kier alpha value is -2.41. The molecule has 0 radical (unpaired) electrons. The maximum absolute atomic E-state index is 13.0. The van der Waals surface area contributed by atoms with Crippen LogP contribution in [0.2, 0.25) is 0 Å². The number of nitrogens with one attached hydrogen (secondary N) is 1. The molecule has 1 fully saturated rings. The molecule has 0 aliphatic carbocycles. The lowest BCUT2D eigenvalue weighted by Gasteiger charge is -2.31. The van der Waals surface area contributed by atoms with Gasteiger partial charge in [-0.05, 0) is 55.3 Å². The Kier molecular flexibility index (Phi) is 6.67. The number of halogens is 2. The molecular weight excluding hydrogens is 427 g/mol. The van der Waals surface area contributed by atoms with Gasteiger partial charge in [0, 0.05) is 41.2 Å². The number of carbonyl (C=O) groups is 2. The summed E-state index contributed by atoms with van der Waals surface area (Å²) in [6, 6.07) is 11.2. The first-order valence-corrected chi connectivity index (χ1v) is 9.92. The smallest absolute Gasteiger partial charge is 0.253 e. The standard InChI is InChI=1S/C21H22BrFN2O3/c1-28-19-7-4-17(22)12-16(19)13-24-20(26)14-8-10-25(11-9-14)21(27)15-2-5-18(23)6-3-15/h2-7,12,14H,8-11,13H2,1H3,(H,24,26). The van der Waals surface area contributed by atoms with Gasteiger partial charge in [-0.15, -0.1) is 0 Å². The Morgan fingerprint density at radius 2 is 1.86 bits per heavy atom. The number of methoxy groups -OCH3 is 1. The average Bonchev–Trinajstić information content (AvgIpc) is 2.72. The maximum atomic E-state index is 13.0. The van der Waals surface area contributed by atoms with Crippen LogP contribution >= 0.6 is 15.9 Å². The fraction of sp³-hybridized carbons (Fsp3) is 0.333. The lowest BCUT2D eigenvalue weighted by molar-refractivity contribution is -0.126. The van der Waals surface area contributed by atoms with Gasteiger partial charge in [-0.1, -0.05) is 15.9 Å². The molecule has 2 amide bonds. The number of likely N-dealkylation sites (tertiary alicyclic amines) is 1. The summed E-state index contributed by atoms with van der Waals surface area (Å²) >= 11 is 3.43. The fourth-order valence-electron chi connectivity index (χ4n) is 3.33. The number of benzene rings is 2. The lowest BCUT2D eigenvalue weighted by Crippen LogP contribution is -2.42. The summed E-state index contributed by atoms with van der Waals surface area (Å²) in [7, 11) is 1.60. The molecule has 0 saturated carbocycles. The van der Waals surface area contributed by atoms with Gasteiger partial charge in [-0.3, -0.25) is 9.59 Å². The van der Waals surface area contributed by atoms with Crippen molar-refractivity contribution in [1.29, 1.82) is 0 Å². The molecule has 0 aromatic heterocycles. The molecule has 1 N–H and O–H groups in total. The molecule has 1 saturated heterocycles. The normalized spacial score (nSPS) is 14.6. The zero-order valence-corrected chi connectivity index (χ0v) is 17.2. The van der Waals surface area contributed by atoms with Crippen LogP contribution in [0.5, 0.6) is 5.75 Å². The molecule has 0 unspecified atom stereocenters. The van der Waals surface area contributed by atoms with Crippen molar-refractivity contribution in [3.63, 3.8) is 0 Å². The minimum atomic E-state index is -0.367. The Morgan fingerprint density at radius 3 is 2.50 bits per heavy atom. The van der Waals surface area contributed by atoms with Gasteiger partial charge in [0.15, 0.2) is 0 Å². The van der Waals surface area contributed by atoms with Crippen molar-refractivity contribution in [2.45, 2.75) is 19.4 Å². The number of rotatable bonds is 5. The number of nitrogens with zero attached hydrogens (tertiary/aromatic N) is 1. The minimum absolute atomic E-state index is 0.0177. The molecule has 2 aromatic rings. The van der Waals surface area contributed by atoms with Crippen LogP contribution in [0.15, 0.2) is 46.9 Å². The summed E-state index contributed by atoms with van der Waals surface area (Å²) in [5.74, 6) is 0.0845. The van der Waals surface area contributed by atoms with E-state index < -0.39 is 0 Å². The van der Waals surface area contributed by atoms with E-state index in [9.17, 15) is 14.0 Å². The second-order valence-electron chi connectivity index (χ2n) is 6.75. The van der Waals surface area contributed by atoms with Crippen molar-refractivity contribution < 1.29 is 18.7 Å². The molecule has 148 valence electrons. The summed E-state index contributed by atoms with van der Waals surface area (Å²) in [5.41, 5.74) is 1.36. The first-order valence-electron chi connectivity index (χ1n) is 9.13. The highest BCUT2D eigenvalue weighted by molar-refractivity contribution is 9.10. The Bertz CT molecular complexity index is 849. The first kappa shape index (κ1) is 20.3. The van der Waals surface area contributed by atoms with E-state index in [0.29, 0.717) is 38.0 Å². The van der Waals surface area contributed by atoms with Crippen molar-refractivity contribution in [3.8, 4) is 5.75 Å². The number of hydrogen-bond acceptors (Lipinski definition) is 3. The Balaban J connectivity index is 1.52. The topological polar surface area (TPSA) is 58.6 Å². The summed E-state index contributed by atoms with van der Waals surface area (Å²) in [6.07, 6.45) is 1.21. The van der Waals surface area contributed by atoms with Crippen molar-refractivity contribution in [2.24, 2.45) is 5.92 Å². The van der Waals surface area contributed by atoms with Crippen molar-refractivity contribution in [3.05, 3.63) is 63.9 Å². The monoisotopic (exact) mass is 448 g/mol. The zero-order chi connectivity index (χ0) is 20.1. The summed E-state index contributed by atoms with van der Waals surface area (Å²) in [6.45, 7) is 1.40. The molecule has 7 heteroatoms. The third kappa shape index (κ3) is 4.90. The molecule has 3 rings (SSSR count). The zero-order valence-electron chi connectivity index (χ0n) is 15.6. The van der Waals surface area contributed by atoms with Gasteiger partial charge in [-0.2, -0.15) is 0 Å². The Labute approximate surface area is 172 Å². The molecular formula is C21H22BrFN2O3. The third-order valence-corrected chi connectivity index (χ3v) is 5.43. The molecule has 2 aromatic carbocycles. The van der Waals surface area contributed by atoms with E-state index in [4.69, 9.17) is 4.74 Å². The van der Waals surface area contributed by atoms with Crippen LogP contribution < -0.4 is 10.1 Å². The first-order chi connectivity index (χ1) is 13.5. The Morgan fingerprint density at radius 1 is 1.18 bits per heavy atom. The van der Waals surface area contributed by atoms with Gasteiger partial charge in [0.05, 0.1) is 7.11 Å². The van der Waals surface area contributed by atoms with E-state index in [1.54, 1.807) is 12.0 Å². The van der Waals surface area contributed by atoms with Gasteiger partial charge in [0.2, 0.25) is 5.91 Å². The van der Waals surface area contributed by atoms with Gasteiger partial charge < -0.3 is 15.0 Å². The van der Waals surface area contributed by atoms with Crippen molar-refractivity contribution in [1.82, 2.24) is 10.2 Å². The molecule has 1 aliphatic heterocycles. The van der Waals surface area contributed by atoms with Crippen molar-refractivity contribution in [2.75, 3.05) is 20.2 Å². The lowest BCUT2D eigenvalue weighted by atomic mass is 9.95. The molecule has 0 atom stereocenters. The second kappa shape index (κ2) is 9.19. The van der Waals surface area contributed by atoms with Crippen LogP contribution in [-0.4, -0.2) is 36.9 Å². The molecule has 1 heterocycles. The van der Waals surface area contributed by atoms with Gasteiger partial charge in [-0.25, -0.2) is 4.39 Å². The second-order valence-corrected chi connectivity index (χ2v) is 7.66. The minimum Gasteiger partial charge on any atom is -0.496 e. The van der Waals surface area contributed by atoms with Gasteiger partial charge >= 0.3 is 0 Å². The predicted octanol–water partition coefficient (Wildman–Crippen LogP) is 3.77. The van der Waals surface area contributed by atoms with Gasteiger partial charge in [0.1, 0.15) is 11.6 Å². The maximum Gasteiger partial charge on any atom is 0.253 e. The van der Waals surface area contributed by atoms with E-state index >= 15 is 0 Å². The summed E-state index contributed by atoms with van der Waals surface area (Å²) < 4.78 is 19.3. The molecule has 0 spiro atoms. The largest absolute Gasteiger partial charge is 0.496 e. The van der Waals surface area contributed by atoms with E-state index in [0.717, 1.165) is 15.8 Å². The van der Waals surface area contributed by atoms with Gasteiger partial charge in [0.25, 0.3) is 5.91 Å². The van der Waals surface area contributed by atoms with E-state index in [-0.39, 0.29) is 23.5 Å². The SMILES string of the molecule is COc1ccc(Br)cc1CNC(=O)C1CCN(C(=O)c2ccc(F)cc2)CC1. The molecule has 28 heavy (non-hydrogen) atoms. The third-order valence-electron chi connectivity index (χ3n) is 4.94. The van der Waals surface area contributed by atoms with E-state index in [2.05, 4.69) is 21.2 Å². The van der Waals surface area contributed by atoms with Crippen molar-refractivity contribution >= 4 is 27.7 Å². The van der Waals surface area contributed by atoms with Crippen LogP contribution in [-0.2, 0) is 11.3 Å². The summed E-state index contributed by atoms with van der Waals surface area (Å²) in [5, 5.41) is 2.97. The van der Waals surface area contributed by atoms with E-state index in [1.165, 1.54) is 24.3 Å². The highest BCUT2D eigenvalue weighted by atomic mass is 79.9. The number of ether oxygens (including phenoxy) is 1. The van der Waals surface area contributed by atoms with Crippen LogP contribution in [0.1, 0.15) is 28.8 Å². The number of carbonyl (C=O) groups excluding carboxylic acids is 2. The molecule has 1 aliphatic rings. The van der Waals surface area contributed by atoms with Crippen LogP contribution in [0.3, 0.4) is 0 Å². The average molecular weight is 449 g/mol. The number of piperidine rings is 1. The predicted molar refractivity (Wildman–Crippen MR) is 108 cm³/mol. The highest BCUT2D eigenvalue weighted by Crippen LogP contribution is 2.24. The fourth-order valence-corrected chi connectivity index (χ4v) is 3.74. The quantitative estimate of drug-likeness (QED) is 0.757. The number of amides is 2. The van der Waals surface area contributed by atoms with E-state index in [1.807, 2.05) is 18.2 Å². The van der Waals surface area contributed by atoms with Crippen LogP contribution in [0.4, 0.5) is 4.39 Å². The molecule has 5 nitrogen and oxygen atoms in total. The highest BCUT2D eigenvalue weighted by Gasteiger charge is 2.27. The number of hydrogen-bond donors (Lipinski definition) is 1. The summed E-state index contributed by atoms with van der Waals surface area (Å²) in [4.78, 5) is 26.7.